The molecule has 3 amide bonds. The van der Waals surface area contributed by atoms with Crippen molar-refractivity contribution < 1.29 is 26.8 Å². The molecule has 3 rings (SSSR count). The van der Waals surface area contributed by atoms with E-state index in [4.69, 9.17) is 16.0 Å². The van der Waals surface area contributed by atoms with Crippen LogP contribution in [-0.2, 0) is 14.7 Å². The molecule has 1 unspecified atom stereocenters. The van der Waals surface area contributed by atoms with Crippen molar-refractivity contribution in [1.82, 2.24) is 25.1 Å². The highest BCUT2D eigenvalue weighted by Crippen LogP contribution is 2.43. The fourth-order valence-corrected chi connectivity index (χ4v) is 3.31. The van der Waals surface area contributed by atoms with Crippen LogP contribution >= 0.6 is 0 Å². The quantitative estimate of drug-likeness (QED) is 0.419. The SMILES string of the molecule is NCCNC(=O)n1cc2c(n1)C(CN)N1C[C@H]2N(OS(=O)(=O)O)C1=O. The first-order valence-corrected chi connectivity index (χ1v) is 8.68. The Labute approximate surface area is 142 Å². The first kappa shape index (κ1) is 17.6. The molecular weight excluding hydrogens is 358 g/mol. The molecule has 1 aromatic rings. The molecule has 14 heteroatoms. The van der Waals surface area contributed by atoms with E-state index in [2.05, 4.69) is 14.7 Å². The van der Waals surface area contributed by atoms with Gasteiger partial charge >= 0.3 is 22.5 Å². The first-order valence-electron chi connectivity index (χ1n) is 7.31. The van der Waals surface area contributed by atoms with Gasteiger partial charge in [0.15, 0.2) is 0 Å². The summed E-state index contributed by atoms with van der Waals surface area (Å²) in [5.74, 6) is 0. The molecule has 0 aromatic carbocycles. The summed E-state index contributed by atoms with van der Waals surface area (Å²) in [5.41, 5.74) is 11.8. The molecular formula is C11H17N7O6S. The maximum Gasteiger partial charge on any atom is 0.418 e. The van der Waals surface area contributed by atoms with E-state index in [-0.39, 0.29) is 26.2 Å². The smallest absolute Gasteiger partial charge is 0.335 e. The van der Waals surface area contributed by atoms with Crippen LogP contribution in [0.1, 0.15) is 23.3 Å². The van der Waals surface area contributed by atoms with Crippen LogP contribution in [0, 0.1) is 0 Å². The molecule has 0 radical (unpaired) electrons. The van der Waals surface area contributed by atoms with E-state index < -0.39 is 34.5 Å². The van der Waals surface area contributed by atoms with Gasteiger partial charge in [0, 0.05) is 31.4 Å². The minimum atomic E-state index is -4.90. The van der Waals surface area contributed by atoms with Crippen LogP contribution < -0.4 is 16.8 Å². The number of urea groups is 1. The van der Waals surface area contributed by atoms with Crippen molar-refractivity contribution in [3.8, 4) is 0 Å². The van der Waals surface area contributed by atoms with Gasteiger partial charge < -0.3 is 21.7 Å². The zero-order valence-electron chi connectivity index (χ0n) is 12.9. The van der Waals surface area contributed by atoms with E-state index in [1.54, 1.807) is 0 Å². The van der Waals surface area contributed by atoms with E-state index in [0.29, 0.717) is 16.3 Å². The van der Waals surface area contributed by atoms with E-state index >= 15 is 0 Å². The minimum Gasteiger partial charge on any atom is -0.335 e. The zero-order chi connectivity index (χ0) is 18.4. The molecule has 2 atom stereocenters. The minimum absolute atomic E-state index is 0.00655. The summed E-state index contributed by atoms with van der Waals surface area (Å²) in [7, 11) is -4.90. The average Bonchev–Trinajstić information content (AvgIpc) is 3.09. The fraction of sp³-hybridized carbons (Fsp3) is 0.545. The number of rotatable bonds is 5. The lowest BCUT2D eigenvalue weighted by molar-refractivity contribution is -0.0317. The predicted octanol–water partition coefficient (Wildman–Crippen LogP) is -2.07. The second-order valence-corrected chi connectivity index (χ2v) is 6.47. The van der Waals surface area contributed by atoms with Gasteiger partial charge in [0.25, 0.3) is 0 Å². The summed E-state index contributed by atoms with van der Waals surface area (Å²) in [6, 6.07) is -2.81. The lowest BCUT2D eigenvalue weighted by atomic mass is 9.98. The van der Waals surface area contributed by atoms with Gasteiger partial charge in [-0.15, -0.1) is 4.28 Å². The number of nitrogens with zero attached hydrogens (tertiary/aromatic N) is 4. The van der Waals surface area contributed by atoms with Crippen LogP contribution in [0.2, 0.25) is 0 Å². The van der Waals surface area contributed by atoms with Crippen LogP contribution in [0.15, 0.2) is 6.20 Å². The third-order valence-corrected chi connectivity index (χ3v) is 4.29. The number of hydroxylamine groups is 2. The lowest BCUT2D eigenvalue weighted by Gasteiger charge is -2.28. The van der Waals surface area contributed by atoms with E-state index in [1.165, 1.54) is 11.1 Å². The van der Waals surface area contributed by atoms with Crippen LogP contribution in [-0.4, -0.2) is 71.0 Å². The molecule has 1 saturated heterocycles. The van der Waals surface area contributed by atoms with Gasteiger partial charge in [-0.2, -0.15) is 23.3 Å². The van der Waals surface area contributed by atoms with Gasteiger partial charge in [-0.3, -0.25) is 4.55 Å². The molecule has 2 aliphatic rings. The lowest BCUT2D eigenvalue weighted by Crippen LogP contribution is -2.38. The maximum absolute atomic E-state index is 12.3. The molecule has 3 heterocycles. The highest BCUT2D eigenvalue weighted by molar-refractivity contribution is 7.80. The summed E-state index contributed by atoms with van der Waals surface area (Å²) in [4.78, 5) is 25.6. The third-order valence-electron chi connectivity index (χ3n) is 3.94. The molecule has 2 aliphatic heterocycles. The largest absolute Gasteiger partial charge is 0.418 e. The van der Waals surface area contributed by atoms with Crippen molar-refractivity contribution >= 4 is 22.5 Å². The Kier molecular flexibility index (Phi) is 4.38. The Hall–Kier alpha value is -2.26. The zero-order valence-corrected chi connectivity index (χ0v) is 13.7. The second-order valence-electron chi connectivity index (χ2n) is 5.47. The van der Waals surface area contributed by atoms with Gasteiger partial charge in [0.2, 0.25) is 0 Å². The number of carbonyl (C=O) groups is 2. The van der Waals surface area contributed by atoms with Crippen LogP contribution in [0.3, 0.4) is 0 Å². The molecule has 1 aromatic heterocycles. The number of nitrogens with one attached hydrogen (secondary N) is 1. The Morgan fingerprint density at radius 1 is 1.48 bits per heavy atom. The number of hydrogen-bond donors (Lipinski definition) is 4. The summed E-state index contributed by atoms with van der Waals surface area (Å²) in [6.45, 7) is 0.584. The van der Waals surface area contributed by atoms with Gasteiger partial charge in [0.05, 0.1) is 18.3 Å². The summed E-state index contributed by atoms with van der Waals surface area (Å²) in [5, 5.41) is 7.23. The van der Waals surface area contributed by atoms with Gasteiger partial charge in [-0.05, 0) is 0 Å². The van der Waals surface area contributed by atoms with E-state index in [9.17, 15) is 18.0 Å². The molecule has 138 valence electrons. The van der Waals surface area contributed by atoms with Gasteiger partial charge in [0.1, 0.15) is 6.04 Å². The van der Waals surface area contributed by atoms with E-state index in [1.807, 2.05) is 0 Å². The van der Waals surface area contributed by atoms with Crippen molar-refractivity contribution in [1.29, 1.82) is 0 Å². The number of carbonyl (C=O) groups excluding carboxylic acids is 2. The van der Waals surface area contributed by atoms with E-state index in [0.717, 1.165) is 4.68 Å². The van der Waals surface area contributed by atoms with Crippen LogP contribution in [0.5, 0.6) is 0 Å². The Balaban J connectivity index is 1.98. The molecule has 6 N–H and O–H groups in total. The van der Waals surface area contributed by atoms with Crippen LogP contribution in [0.25, 0.3) is 0 Å². The maximum atomic E-state index is 12.3. The van der Waals surface area contributed by atoms with Crippen molar-refractivity contribution in [2.45, 2.75) is 12.1 Å². The van der Waals surface area contributed by atoms with Crippen LogP contribution in [0.4, 0.5) is 9.59 Å². The molecule has 0 spiro atoms. The number of nitrogens with two attached hydrogens (primary N) is 2. The molecule has 1 fully saturated rings. The standard InChI is InChI=1S/C11H17N7O6S/c12-1-2-14-10(19)17-4-6-8-5-16(7(3-13)9(6)15-17)11(20)18(8)24-25(21,22)23/h4,7-8H,1-3,5,12-13H2,(H,14,19)(H,21,22,23)/t7?,8-/m1/s1. The predicted molar refractivity (Wildman–Crippen MR) is 81.2 cm³/mol. The Bertz CT molecular complexity index is 808. The average molecular weight is 375 g/mol. The highest BCUT2D eigenvalue weighted by atomic mass is 32.3. The first-order chi connectivity index (χ1) is 11.8. The van der Waals surface area contributed by atoms with Crippen molar-refractivity contribution in [2.24, 2.45) is 11.5 Å². The normalized spacial score (nSPS) is 22.3. The molecule has 2 bridgehead atoms. The number of aromatic nitrogens is 2. The van der Waals surface area contributed by atoms with Crippen molar-refractivity contribution in [2.75, 3.05) is 26.2 Å². The number of amides is 3. The second kappa shape index (κ2) is 6.23. The van der Waals surface area contributed by atoms with Crippen molar-refractivity contribution in [3.63, 3.8) is 0 Å². The summed E-state index contributed by atoms with van der Waals surface area (Å²) < 4.78 is 36.3. The van der Waals surface area contributed by atoms with Crippen molar-refractivity contribution in [3.05, 3.63) is 17.5 Å². The summed E-state index contributed by atoms with van der Waals surface area (Å²) >= 11 is 0. The Morgan fingerprint density at radius 2 is 2.20 bits per heavy atom. The monoisotopic (exact) mass is 375 g/mol. The Morgan fingerprint density at radius 3 is 2.80 bits per heavy atom. The molecule has 25 heavy (non-hydrogen) atoms. The topological polar surface area (TPSA) is 186 Å². The molecule has 13 nitrogen and oxygen atoms in total. The van der Waals surface area contributed by atoms with Gasteiger partial charge in [-0.1, -0.05) is 0 Å². The highest BCUT2D eigenvalue weighted by Gasteiger charge is 2.51. The number of hydrogen-bond acceptors (Lipinski definition) is 8. The summed E-state index contributed by atoms with van der Waals surface area (Å²) in [6.07, 6.45) is 1.37. The fourth-order valence-electron chi connectivity index (χ4n) is 2.94. The third kappa shape index (κ3) is 3.05. The van der Waals surface area contributed by atoms with Gasteiger partial charge in [-0.25, -0.2) is 9.59 Å². The number of fused-ring (bicyclic) bond motifs is 4. The molecule has 0 aliphatic carbocycles. The molecule has 0 saturated carbocycles.